The quantitative estimate of drug-likeness (QED) is 0.738. The van der Waals surface area contributed by atoms with Crippen molar-refractivity contribution in [3.8, 4) is 0 Å². The van der Waals surface area contributed by atoms with Crippen molar-refractivity contribution in [1.82, 2.24) is 4.98 Å². The van der Waals surface area contributed by atoms with E-state index in [0.717, 1.165) is 0 Å². The van der Waals surface area contributed by atoms with Crippen LogP contribution >= 0.6 is 0 Å². The summed E-state index contributed by atoms with van der Waals surface area (Å²) < 4.78 is 24.4. The van der Waals surface area contributed by atoms with Crippen LogP contribution in [0.2, 0.25) is 0 Å². The molecule has 0 saturated carbocycles. The van der Waals surface area contributed by atoms with E-state index in [9.17, 15) is 8.78 Å². The Balaban J connectivity index is 3.03. The molecular formula is C8H10F2N2. The van der Waals surface area contributed by atoms with E-state index in [1.54, 1.807) is 13.0 Å². The molecule has 0 saturated heterocycles. The Kier molecular flexibility index (Phi) is 2.70. The predicted octanol–water partition coefficient (Wildman–Crippen LogP) is 1.79. The molecule has 0 aliphatic heterocycles. The Hall–Kier alpha value is -1.03. The lowest BCUT2D eigenvalue weighted by Crippen LogP contribution is -2.01. The summed E-state index contributed by atoms with van der Waals surface area (Å²) in [5, 5.41) is 0. The minimum Gasteiger partial charge on any atom is -0.325 e. The molecule has 0 radical (unpaired) electrons. The largest absolute Gasteiger partial charge is 0.325 e. The fraction of sp³-hybridized carbons (Fsp3) is 0.375. The molecule has 4 heteroatoms. The molecule has 0 bridgehead atoms. The van der Waals surface area contributed by atoms with E-state index in [1.807, 2.05) is 0 Å². The maximum atomic E-state index is 12.2. The lowest BCUT2D eigenvalue weighted by molar-refractivity contribution is 0.150. The topological polar surface area (TPSA) is 38.9 Å². The number of aryl methyl sites for hydroxylation is 1. The summed E-state index contributed by atoms with van der Waals surface area (Å²) in [6.07, 6.45) is -1.27. The number of pyridine rings is 1. The highest BCUT2D eigenvalue weighted by atomic mass is 19.3. The van der Waals surface area contributed by atoms with Crippen LogP contribution in [0.1, 0.15) is 23.2 Å². The van der Waals surface area contributed by atoms with Crippen molar-refractivity contribution < 1.29 is 8.78 Å². The third-order valence-electron chi connectivity index (χ3n) is 1.65. The van der Waals surface area contributed by atoms with Gasteiger partial charge in [0.1, 0.15) is 0 Å². The Bertz CT molecular complexity index is 274. The molecule has 2 nitrogen and oxygen atoms in total. The number of rotatable bonds is 2. The molecule has 1 aromatic heterocycles. The summed E-state index contributed by atoms with van der Waals surface area (Å²) in [7, 11) is 0. The highest BCUT2D eigenvalue weighted by Gasteiger charge is 2.10. The lowest BCUT2D eigenvalue weighted by atomic mass is 10.1. The van der Waals surface area contributed by atoms with Crippen LogP contribution in [0.25, 0.3) is 0 Å². The second-order valence-electron chi connectivity index (χ2n) is 2.54. The zero-order valence-corrected chi connectivity index (χ0v) is 6.72. The molecule has 0 aliphatic rings. The number of hydrogen-bond donors (Lipinski definition) is 1. The molecule has 0 aromatic carbocycles. The van der Waals surface area contributed by atoms with Crippen LogP contribution in [0.3, 0.4) is 0 Å². The van der Waals surface area contributed by atoms with Gasteiger partial charge in [0, 0.05) is 18.3 Å². The van der Waals surface area contributed by atoms with Gasteiger partial charge in [0.15, 0.2) is 0 Å². The maximum absolute atomic E-state index is 12.2. The predicted molar refractivity (Wildman–Crippen MR) is 41.8 cm³/mol. The third-order valence-corrected chi connectivity index (χ3v) is 1.65. The summed E-state index contributed by atoms with van der Waals surface area (Å²) in [5.41, 5.74) is 6.45. The molecule has 1 rings (SSSR count). The van der Waals surface area contributed by atoms with Crippen molar-refractivity contribution in [2.45, 2.75) is 19.9 Å². The van der Waals surface area contributed by atoms with Gasteiger partial charge in [0.05, 0.1) is 5.69 Å². The maximum Gasteiger partial charge on any atom is 0.265 e. The third kappa shape index (κ3) is 1.76. The van der Waals surface area contributed by atoms with Gasteiger partial charge in [0.2, 0.25) is 0 Å². The van der Waals surface area contributed by atoms with E-state index in [1.165, 1.54) is 6.20 Å². The van der Waals surface area contributed by atoms with E-state index < -0.39 is 6.43 Å². The Labute approximate surface area is 69.4 Å². The van der Waals surface area contributed by atoms with Gasteiger partial charge in [-0.25, -0.2) is 8.78 Å². The second kappa shape index (κ2) is 3.58. The van der Waals surface area contributed by atoms with Gasteiger partial charge in [-0.1, -0.05) is 0 Å². The number of nitrogens with zero attached hydrogens (tertiary/aromatic N) is 1. The Morgan fingerprint density at radius 2 is 2.25 bits per heavy atom. The lowest BCUT2D eigenvalue weighted by Gasteiger charge is -2.04. The monoisotopic (exact) mass is 172 g/mol. The Morgan fingerprint density at radius 3 is 2.67 bits per heavy atom. The highest BCUT2D eigenvalue weighted by Crippen LogP contribution is 2.21. The molecule has 0 spiro atoms. The first-order valence-electron chi connectivity index (χ1n) is 3.58. The molecule has 0 fully saturated rings. The van der Waals surface area contributed by atoms with E-state index in [2.05, 4.69) is 4.98 Å². The van der Waals surface area contributed by atoms with Crippen molar-refractivity contribution >= 4 is 0 Å². The normalized spacial score (nSPS) is 10.8. The molecule has 0 aliphatic carbocycles. The van der Waals surface area contributed by atoms with E-state index >= 15 is 0 Å². The second-order valence-corrected chi connectivity index (χ2v) is 2.54. The minimum absolute atomic E-state index is 0.0211. The summed E-state index contributed by atoms with van der Waals surface area (Å²) in [6, 6.07) is 1.58. The molecular weight excluding hydrogens is 162 g/mol. The average Bonchev–Trinajstić information content (AvgIpc) is 2.03. The molecule has 1 heterocycles. The fourth-order valence-electron chi connectivity index (χ4n) is 0.965. The Morgan fingerprint density at radius 1 is 1.58 bits per heavy atom. The highest BCUT2D eigenvalue weighted by molar-refractivity contribution is 5.26. The van der Waals surface area contributed by atoms with Crippen LogP contribution in [0.15, 0.2) is 12.3 Å². The zero-order chi connectivity index (χ0) is 9.14. The minimum atomic E-state index is -2.45. The van der Waals surface area contributed by atoms with Crippen molar-refractivity contribution in [3.63, 3.8) is 0 Å². The average molecular weight is 172 g/mol. The van der Waals surface area contributed by atoms with Gasteiger partial charge >= 0.3 is 0 Å². The van der Waals surface area contributed by atoms with E-state index in [-0.39, 0.29) is 12.1 Å². The molecule has 0 unspecified atom stereocenters. The van der Waals surface area contributed by atoms with Crippen LogP contribution < -0.4 is 5.73 Å². The zero-order valence-electron chi connectivity index (χ0n) is 6.72. The van der Waals surface area contributed by atoms with Crippen LogP contribution in [-0.4, -0.2) is 4.98 Å². The first-order chi connectivity index (χ1) is 5.65. The van der Waals surface area contributed by atoms with Crippen molar-refractivity contribution in [2.75, 3.05) is 0 Å². The van der Waals surface area contributed by atoms with Crippen molar-refractivity contribution in [1.29, 1.82) is 0 Å². The first-order valence-corrected chi connectivity index (χ1v) is 3.58. The van der Waals surface area contributed by atoms with Crippen LogP contribution in [0.4, 0.5) is 8.78 Å². The number of nitrogens with two attached hydrogens (primary N) is 1. The summed E-state index contributed by atoms with van der Waals surface area (Å²) in [5.74, 6) is 0. The number of alkyl halides is 2. The SMILES string of the molecule is Cc1cc(CN)ncc1C(F)F. The van der Waals surface area contributed by atoms with Crippen LogP contribution in [0, 0.1) is 6.92 Å². The van der Waals surface area contributed by atoms with Gasteiger partial charge in [-0.15, -0.1) is 0 Å². The van der Waals surface area contributed by atoms with Crippen LogP contribution in [-0.2, 0) is 6.54 Å². The van der Waals surface area contributed by atoms with Gasteiger partial charge in [-0.05, 0) is 18.6 Å². The summed E-state index contributed by atoms with van der Waals surface area (Å²) in [4.78, 5) is 3.77. The smallest absolute Gasteiger partial charge is 0.265 e. The van der Waals surface area contributed by atoms with E-state index in [4.69, 9.17) is 5.73 Å². The van der Waals surface area contributed by atoms with Crippen molar-refractivity contribution in [2.24, 2.45) is 5.73 Å². The van der Waals surface area contributed by atoms with Gasteiger partial charge in [-0.3, -0.25) is 4.98 Å². The molecule has 66 valence electrons. The number of hydrogen-bond acceptors (Lipinski definition) is 2. The fourth-order valence-corrected chi connectivity index (χ4v) is 0.965. The van der Waals surface area contributed by atoms with Gasteiger partial charge in [0.25, 0.3) is 6.43 Å². The first kappa shape index (κ1) is 9.06. The number of halogens is 2. The molecule has 12 heavy (non-hydrogen) atoms. The molecule has 0 amide bonds. The summed E-state index contributed by atoms with van der Waals surface area (Å²) in [6.45, 7) is 1.91. The molecule has 2 N–H and O–H groups in total. The molecule has 0 atom stereocenters. The van der Waals surface area contributed by atoms with E-state index in [0.29, 0.717) is 11.3 Å². The van der Waals surface area contributed by atoms with Crippen molar-refractivity contribution in [3.05, 3.63) is 29.1 Å². The van der Waals surface area contributed by atoms with Gasteiger partial charge < -0.3 is 5.73 Å². The number of aromatic nitrogens is 1. The van der Waals surface area contributed by atoms with Crippen LogP contribution in [0.5, 0.6) is 0 Å². The standard InChI is InChI=1S/C8H10F2N2/c1-5-2-6(3-11)12-4-7(5)8(9)10/h2,4,8H,3,11H2,1H3. The molecule has 1 aromatic rings. The van der Waals surface area contributed by atoms with Gasteiger partial charge in [-0.2, -0.15) is 0 Å². The summed E-state index contributed by atoms with van der Waals surface area (Å²) >= 11 is 0.